The fraction of sp³-hybridized carbons (Fsp3) is 0.400. The van der Waals surface area contributed by atoms with Crippen molar-refractivity contribution in [2.45, 2.75) is 32.0 Å². The number of nitrogens with zero attached hydrogens (tertiary/aromatic N) is 2. The molecule has 0 atom stereocenters. The van der Waals surface area contributed by atoms with Gasteiger partial charge in [0, 0.05) is 4.88 Å². The molecule has 2 aromatic heterocycles. The third kappa shape index (κ3) is 4.35. The molecule has 1 amide bonds. The van der Waals surface area contributed by atoms with E-state index in [0.29, 0.717) is 29.4 Å². The Morgan fingerprint density at radius 3 is 2.87 bits per heavy atom. The third-order valence-electron chi connectivity index (χ3n) is 3.09. The van der Waals surface area contributed by atoms with Crippen LogP contribution in [0, 0.1) is 6.92 Å². The van der Waals surface area contributed by atoms with E-state index >= 15 is 0 Å². The average Bonchev–Trinajstić information content (AvgIpc) is 3.12. The number of hydrogen-bond acceptors (Lipinski definition) is 6. The first-order chi connectivity index (χ1) is 11.1. The highest BCUT2D eigenvalue weighted by Gasteiger charge is 2.23. The number of ether oxygens (including phenoxy) is 1. The Morgan fingerprint density at radius 2 is 2.26 bits per heavy atom. The summed E-state index contributed by atoms with van der Waals surface area (Å²) in [4.78, 5) is 25.2. The molecule has 0 saturated carbocycles. The van der Waals surface area contributed by atoms with Gasteiger partial charge in [0.15, 0.2) is 0 Å². The summed E-state index contributed by atoms with van der Waals surface area (Å²) < 4.78 is 6.61. The zero-order valence-electron chi connectivity index (χ0n) is 13.3. The number of hydrogen-bond donors (Lipinski definition) is 1. The van der Waals surface area contributed by atoms with E-state index in [1.54, 1.807) is 29.9 Å². The van der Waals surface area contributed by atoms with E-state index in [2.05, 4.69) is 10.4 Å². The van der Waals surface area contributed by atoms with E-state index in [4.69, 9.17) is 4.74 Å². The number of amides is 1. The Balaban J connectivity index is 2.08. The van der Waals surface area contributed by atoms with Crippen molar-refractivity contribution in [2.75, 3.05) is 12.9 Å². The number of rotatable bonds is 7. The molecule has 8 heteroatoms. The van der Waals surface area contributed by atoms with Crippen molar-refractivity contribution < 1.29 is 14.3 Å². The second-order valence-electron chi connectivity index (χ2n) is 4.70. The average molecular weight is 353 g/mol. The predicted octanol–water partition coefficient (Wildman–Crippen LogP) is 2.47. The van der Waals surface area contributed by atoms with Crippen LogP contribution in [0.1, 0.15) is 27.9 Å². The molecule has 0 aliphatic heterocycles. The molecule has 124 valence electrons. The number of aryl methyl sites for hydroxylation is 1. The first-order valence-corrected chi connectivity index (χ1v) is 9.24. The minimum Gasteiger partial charge on any atom is -0.462 e. The van der Waals surface area contributed by atoms with Crippen molar-refractivity contribution in [3.05, 3.63) is 33.6 Å². The molecule has 0 saturated heterocycles. The summed E-state index contributed by atoms with van der Waals surface area (Å²) in [6.07, 6.45) is 1.85. The third-order valence-corrected chi connectivity index (χ3v) is 4.76. The van der Waals surface area contributed by atoms with Gasteiger partial charge in [-0.15, -0.1) is 23.1 Å². The topological polar surface area (TPSA) is 73.2 Å². The molecule has 6 nitrogen and oxygen atoms in total. The number of thiophene rings is 1. The summed E-state index contributed by atoms with van der Waals surface area (Å²) in [5.41, 5.74) is 1.00. The number of carbonyl (C=O) groups is 2. The summed E-state index contributed by atoms with van der Waals surface area (Å²) in [6, 6.07) is 3.91. The number of aromatic nitrogens is 2. The van der Waals surface area contributed by atoms with Crippen LogP contribution in [0.25, 0.3) is 0 Å². The van der Waals surface area contributed by atoms with Gasteiger partial charge in [-0.1, -0.05) is 6.07 Å². The van der Waals surface area contributed by atoms with Crippen LogP contribution < -0.4 is 5.32 Å². The van der Waals surface area contributed by atoms with Gasteiger partial charge in [-0.25, -0.2) is 9.48 Å². The second-order valence-corrected chi connectivity index (χ2v) is 6.53. The van der Waals surface area contributed by atoms with Crippen LogP contribution in [0.5, 0.6) is 0 Å². The lowest BCUT2D eigenvalue weighted by Crippen LogP contribution is -2.27. The van der Waals surface area contributed by atoms with E-state index in [9.17, 15) is 9.59 Å². The van der Waals surface area contributed by atoms with Gasteiger partial charge in [0.2, 0.25) is 5.91 Å². The molecule has 0 fully saturated rings. The molecule has 23 heavy (non-hydrogen) atoms. The molecule has 0 bridgehead atoms. The van der Waals surface area contributed by atoms with Gasteiger partial charge in [-0.3, -0.25) is 4.79 Å². The molecule has 0 aliphatic rings. The molecule has 2 aromatic rings. The van der Waals surface area contributed by atoms with Crippen molar-refractivity contribution in [3.63, 3.8) is 0 Å². The highest BCUT2D eigenvalue weighted by molar-refractivity contribution is 7.98. The fourth-order valence-corrected chi connectivity index (χ4v) is 3.50. The van der Waals surface area contributed by atoms with Crippen LogP contribution >= 0.6 is 23.1 Å². The van der Waals surface area contributed by atoms with Crippen molar-refractivity contribution in [1.82, 2.24) is 15.1 Å². The molecule has 0 radical (unpaired) electrons. The fourth-order valence-electron chi connectivity index (χ4n) is 2.10. The van der Waals surface area contributed by atoms with Crippen molar-refractivity contribution in [3.8, 4) is 0 Å². The Morgan fingerprint density at radius 1 is 1.48 bits per heavy atom. The first-order valence-electron chi connectivity index (χ1n) is 7.14. The maximum atomic E-state index is 12.1. The zero-order chi connectivity index (χ0) is 16.8. The monoisotopic (exact) mass is 353 g/mol. The standard InChI is InChI=1S/C15H19N3O3S2/c1-4-21-15(20)13-10(2)17-18(14(13)22-3)9-12(19)16-8-11-6-5-7-23-11/h5-7H,4,8-9H2,1-3H3,(H,16,19). The Kier molecular flexibility index (Phi) is 6.23. The maximum Gasteiger partial charge on any atom is 0.342 e. The summed E-state index contributed by atoms with van der Waals surface area (Å²) >= 11 is 2.97. The summed E-state index contributed by atoms with van der Waals surface area (Å²) in [5.74, 6) is -0.550. The Hall–Kier alpha value is -1.80. The SMILES string of the molecule is CCOC(=O)c1c(C)nn(CC(=O)NCc2cccs2)c1SC. The van der Waals surface area contributed by atoms with Crippen molar-refractivity contribution in [2.24, 2.45) is 0 Å². The quantitative estimate of drug-likeness (QED) is 0.611. The summed E-state index contributed by atoms with van der Waals surface area (Å²) in [7, 11) is 0. The molecular weight excluding hydrogens is 334 g/mol. The second kappa shape index (κ2) is 8.16. The van der Waals surface area contributed by atoms with E-state index in [-0.39, 0.29) is 12.5 Å². The lowest BCUT2D eigenvalue weighted by molar-refractivity contribution is -0.122. The zero-order valence-corrected chi connectivity index (χ0v) is 14.9. The van der Waals surface area contributed by atoms with Gasteiger partial charge < -0.3 is 10.1 Å². The minimum atomic E-state index is -0.403. The van der Waals surface area contributed by atoms with Crippen LogP contribution in [0.15, 0.2) is 22.5 Å². The Labute approximate surface area is 143 Å². The van der Waals surface area contributed by atoms with Crippen LogP contribution in [0.2, 0.25) is 0 Å². The molecule has 0 spiro atoms. The molecule has 2 heterocycles. The van der Waals surface area contributed by atoms with Crippen LogP contribution in [-0.4, -0.2) is 34.5 Å². The van der Waals surface area contributed by atoms with Gasteiger partial charge in [-0.2, -0.15) is 5.10 Å². The van der Waals surface area contributed by atoms with Crippen molar-refractivity contribution >= 4 is 35.0 Å². The number of carbonyl (C=O) groups excluding carboxylic acids is 2. The maximum absolute atomic E-state index is 12.1. The van der Waals surface area contributed by atoms with Gasteiger partial charge in [0.25, 0.3) is 0 Å². The molecule has 0 aromatic carbocycles. The van der Waals surface area contributed by atoms with E-state index in [1.165, 1.54) is 11.8 Å². The molecule has 1 N–H and O–H groups in total. The summed E-state index contributed by atoms with van der Waals surface area (Å²) in [6.45, 7) is 4.37. The van der Waals surface area contributed by atoms with Crippen LogP contribution in [0.3, 0.4) is 0 Å². The van der Waals surface area contributed by atoms with Crippen LogP contribution in [-0.2, 0) is 22.6 Å². The molecule has 0 aliphatic carbocycles. The van der Waals surface area contributed by atoms with Gasteiger partial charge >= 0.3 is 5.97 Å². The lowest BCUT2D eigenvalue weighted by Gasteiger charge is -2.07. The number of thioether (sulfide) groups is 1. The first kappa shape index (κ1) is 17.6. The van der Waals surface area contributed by atoms with Gasteiger partial charge in [0.1, 0.15) is 17.1 Å². The smallest absolute Gasteiger partial charge is 0.342 e. The predicted molar refractivity (Wildman–Crippen MR) is 90.9 cm³/mol. The Bertz CT molecular complexity index is 680. The number of esters is 1. The number of nitrogens with one attached hydrogen (secondary N) is 1. The lowest BCUT2D eigenvalue weighted by atomic mass is 10.3. The van der Waals surface area contributed by atoms with E-state index in [0.717, 1.165) is 4.88 Å². The highest BCUT2D eigenvalue weighted by Crippen LogP contribution is 2.24. The van der Waals surface area contributed by atoms with Crippen LogP contribution in [0.4, 0.5) is 0 Å². The molecule has 2 rings (SSSR count). The van der Waals surface area contributed by atoms with E-state index < -0.39 is 5.97 Å². The van der Waals surface area contributed by atoms with Gasteiger partial charge in [0.05, 0.1) is 18.8 Å². The molecular formula is C15H19N3O3S2. The minimum absolute atomic E-state index is 0.0712. The van der Waals surface area contributed by atoms with E-state index in [1.807, 2.05) is 23.8 Å². The van der Waals surface area contributed by atoms with Gasteiger partial charge in [-0.05, 0) is 31.5 Å². The molecule has 0 unspecified atom stereocenters. The highest BCUT2D eigenvalue weighted by atomic mass is 32.2. The normalized spacial score (nSPS) is 10.6. The van der Waals surface area contributed by atoms with Crippen molar-refractivity contribution in [1.29, 1.82) is 0 Å². The summed E-state index contributed by atoms with van der Waals surface area (Å²) in [5, 5.41) is 9.77. The largest absolute Gasteiger partial charge is 0.462 e.